The lowest BCUT2D eigenvalue weighted by molar-refractivity contribution is -0.116. The van der Waals surface area contributed by atoms with Gasteiger partial charge in [-0.25, -0.2) is 0 Å². The zero-order valence-corrected chi connectivity index (χ0v) is 16.5. The third kappa shape index (κ3) is 4.77. The number of anilines is 3. The standard InChI is InChI=1S/C18H20ClN3O3S/c1-11(23)22(2)13-7-5-12(6-8-13)20-18(26)21-15-9-14(19)16(24-3)10-17(15)25-4/h5-10H,1-4H3,(H2,20,21,26). The third-order valence-corrected chi connectivity index (χ3v) is 4.21. The Labute approximate surface area is 163 Å². The second-order valence-electron chi connectivity index (χ2n) is 5.39. The van der Waals surface area contributed by atoms with Crippen molar-refractivity contribution >= 4 is 51.9 Å². The summed E-state index contributed by atoms with van der Waals surface area (Å²) in [6.45, 7) is 1.51. The van der Waals surface area contributed by atoms with Crippen molar-refractivity contribution in [3.63, 3.8) is 0 Å². The number of methoxy groups -OCH3 is 2. The number of amides is 1. The summed E-state index contributed by atoms with van der Waals surface area (Å²) in [6, 6.07) is 10.7. The summed E-state index contributed by atoms with van der Waals surface area (Å²) < 4.78 is 10.5. The van der Waals surface area contributed by atoms with E-state index >= 15 is 0 Å². The van der Waals surface area contributed by atoms with Crippen LogP contribution >= 0.6 is 23.8 Å². The fraction of sp³-hybridized carbons (Fsp3) is 0.222. The van der Waals surface area contributed by atoms with Crippen LogP contribution in [0.3, 0.4) is 0 Å². The Hall–Kier alpha value is -2.51. The number of halogens is 1. The first kappa shape index (κ1) is 19.8. The number of benzene rings is 2. The van der Waals surface area contributed by atoms with Gasteiger partial charge in [0, 0.05) is 31.4 Å². The van der Waals surface area contributed by atoms with Crippen molar-refractivity contribution in [1.29, 1.82) is 0 Å². The van der Waals surface area contributed by atoms with Gasteiger partial charge in [-0.15, -0.1) is 0 Å². The largest absolute Gasteiger partial charge is 0.495 e. The summed E-state index contributed by atoms with van der Waals surface area (Å²) in [5.74, 6) is 1.03. The van der Waals surface area contributed by atoms with Crippen molar-refractivity contribution in [1.82, 2.24) is 0 Å². The molecule has 0 aromatic heterocycles. The SMILES string of the molecule is COc1cc(OC)c(NC(=S)Nc2ccc(N(C)C(C)=O)cc2)cc1Cl. The van der Waals surface area contributed by atoms with Gasteiger partial charge in [-0.1, -0.05) is 11.6 Å². The Morgan fingerprint density at radius 3 is 2.23 bits per heavy atom. The van der Waals surface area contributed by atoms with Crippen LogP contribution in [0, 0.1) is 0 Å². The molecule has 0 bridgehead atoms. The van der Waals surface area contributed by atoms with Gasteiger partial charge in [0.15, 0.2) is 5.11 Å². The average Bonchev–Trinajstić information content (AvgIpc) is 2.61. The highest BCUT2D eigenvalue weighted by Gasteiger charge is 2.11. The molecule has 2 N–H and O–H groups in total. The number of carbonyl (C=O) groups is 1. The zero-order valence-electron chi connectivity index (χ0n) is 14.9. The van der Waals surface area contributed by atoms with E-state index in [9.17, 15) is 4.79 Å². The molecule has 2 rings (SSSR count). The van der Waals surface area contributed by atoms with Crippen LogP contribution in [0.4, 0.5) is 17.1 Å². The number of rotatable bonds is 5. The predicted molar refractivity (Wildman–Crippen MR) is 110 cm³/mol. The molecule has 0 spiro atoms. The third-order valence-electron chi connectivity index (χ3n) is 3.71. The van der Waals surface area contributed by atoms with Crippen LogP contribution in [0.1, 0.15) is 6.92 Å². The molecule has 138 valence electrons. The average molecular weight is 394 g/mol. The van der Waals surface area contributed by atoms with E-state index in [0.717, 1.165) is 11.4 Å². The second kappa shape index (κ2) is 8.73. The van der Waals surface area contributed by atoms with Crippen LogP contribution in [-0.2, 0) is 4.79 Å². The molecule has 0 fully saturated rings. The number of nitrogens with one attached hydrogen (secondary N) is 2. The first-order valence-corrected chi connectivity index (χ1v) is 8.48. The fourth-order valence-electron chi connectivity index (χ4n) is 2.19. The molecule has 0 saturated carbocycles. The van der Waals surface area contributed by atoms with Gasteiger partial charge in [0.1, 0.15) is 11.5 Å². The summed E-state index contributed by atoms with van der Waals surface area (Å²) in [5.41, 5.74) is 2.19. The van der Waals surface area contributed by atoms with Gasteiger partial charge in [-0.05, 0) is 42.5 Å². The summed E-state index contributed by atoms with van der Waals surface area (Å²) >= 11 is 11.5. The normalized spacial score (nSPS) is 10.0. The predicted octanol–water partition coefficient (Wildman–Crippen LogP) is 4.15. The van der Waals surface area contributed by atoms with Gasteiger partial charge in [0.25, 0.3) is 0 Å². The minimum absolute atomic E-state index is 0.0358. The van der Waals surface area contributed by atoms with E-state index in [0.29, 0.717) is 27.3 Å². The molecule has 2 aromatic rings. The van der Waals surface area contributed by atoms with Crippen LogP contribution in [0.2, 0.25) is 5.02 Å². The molecule has 0 saturated heterocycles. The molecule has 1 amide bonds. The van der Waals surface area contributed by atoms with Crippen molar-refractivity contribution < 1.29 is 14.3 Å². The van der Waals surface area contributed by atoms with E-state index in [4.69, 9.17) is 33.3 Å². The molecule has 0 unspecified atom stereocenters. The lowest BCUT2D eigenvalue weighted by Gasteiger charge is -2.17. The number of hydrogen-bond acceptors (Lipinski definition) is 4. The van der Waals surface area contributed by atoms with Crippen LogP contribution in [0.25, 0.3) is 0 Å². The minimum atomic E-state index is -0.0358. The van der Waals surface area contributed by atoms with Gasteiger partial charge in [0.05, 0.1) is 24.9 Å². The second-order valence-corrected chi connectivity index (χ2v) is 6.21. The molecule has 0 radical (unpaired) electrons. The summed E-state index contributed by atoms with van der Waals surface area (Å²) in [4.78, 5) is 13.0. The molecule has 26 heavy (non-hydrogen) atoms. The van der Waals surface area contributed by atoms with Crippen LogP contribution in [0.15, 0.2) is 36.4 Å². The minimum Gasteiger partial charge on any atom is -0.495 e. The summed E-state index contributed by atoms with van der Waals surface area (Å²) in [7, 11) is 4.80. The molecule has 2 aromatic carbocycles. The first-order valence-electron chi connectivity index (χ1n) is 7.69. The van der Waals surface area contributed by atoms with Crippen LogP contribution < -0.4 is 25.0 Å². The van der Waals surface area contributed by atoms with E-state index < -0.39 is 0 Å². The maximum absolute atomic E-state index is 11.4. The molecule has 0 aliphatic rings. The van der Waals surface area contributed by atoms with Gasteiger partial charge in [0.2, 0.25) is 5.91 Å². The maximum Gasteiger partial charge on any atom is 0.223 e. The summed E-state index contributed by atoms with van der Waals surface area (Å²) in [5, 5.41) is 6.93. The van der Waals surface area contributed by atoms with E-state index in [2.05, 4.69) is 10.6 Å². The number of carbonyl (C=O) groups excluding carboxylic acids is 1. The lowest BCUT2D eigenvalue weighted by Crippen LogP contribution is -2.23. The van der Waals surface area contributed by atoms with E-state index in [1.165, 1.54) is 14.0 Å². The van der Waals surface area contributed by atoms with Gasteiger partial charge < -0.3 is 25.0 Å². The Morgan fingerprint density at radius 1 is 1.08 bits per heavy atom. The van der Waals surface area contributed by atoms with Crippen molar-refractivity contribution in [2.45, 2.75) is 6.92 Å². The van der Waals surface area contributed by atoms with Gasteiger partial charge in [-0.3, -0.25) is 4.79 Å². The molecule has 0 heterocycles. The topological polar surface area (TPSA) is 62.8 Å². The van der Waals surface area contributed by atoms with Crippen molar-refractivity contribution in [3.8, 4) is 11.5 Å². The van der Waals surface area contributed by atoms with Crippen molar-refractivity contribution in [3.05, 3.63) is 41.4 Å². The van der Waals surface area contributed by atoms with E-state index in [-0.39, 0.29) is 5.91 Å². The van der Waals surface area contributed by atoms with E-state index in [1.54, 1.807) is 31.2 Å². The zero-order chi connectivity index (χ0) is 19.3. The Bertz CT molecular complexity index is 812. The van der Waals surface area contributed by atoms with Gasteiger partial charge in [-0.2, -0.15) is 0 Å². The highest BCUT2D eigenvalue weighted by atomic mass is 35.5. The van der Waals surface area contributed by atoms with Crippen LogP contribution in [0.5, 0.6) is 11.5 Å². The Kier molecular flexibility index (Phi) is 6.65. The van der Waals surface area contributed by atoms with Crippen molar-refractivity contribution in [2.24, 2.45) is 0 Å². The van der Waals surface area contributed by atoms with E-state index in [1.807, 2.05) is 24.3 Å². The Balaban J connectivity index is 2.09. The molecule has 0 atom stereocenters. The maximum atomic E-state index is 11.4. The molecular weight excluding hydrogens is 374 g/mol. The van der Waals surface area contributed by atoms with Gasteiger partial charge >= 0.3 is 0 Å². The quantitative estimate of drug-likeness (QED) is 0.744. The van der Waals surface area contributed by atoms with Crippen LogP contribution in [-0.4, -0.2) is 32.3 Å². The first-order chi connectivity index (χ1) is 12.3. The molecule has 8 heteroatoms. The number of nitrogens with zero attached hydrogens (tertiary/aromatic N) is 1. The monoisotopic (exact) mass is 393 g/mol. The highest BCUT2D eigenvalue weighted by Crippen LogP contribution is 2.36. The number of thiocarbonyl (C=S) groups is 1. The Morgan fingerprint density at radius 2 is 1.69 bits per heavy atom. The molecule has 6 nitrogen and oxygen atoms in total. The highest BCUT2D eigenvalue weighted by molar-refractivity contribution is 7.80. The summed E-state index contributed by atoms with van der Waals surface area (Å²) in [6.07, 6.45) is 0. The lowest BCUT2D eigenvalue weighted by atomic mass is 10.2. The number of ether oxygens (including phenoxy) is 2. The number of hydrogen-bond donors (Lipinski definition) is 2. The fourth-order valence-corrected chi connectivity index (χ4v) is 2.66. The molecule has 0 aliphatic carbocycles. The smallest absolute Gasteiger partial charge is 0.223 e. The molecule has 0 aliphatic heterocycles. The van der Waals surface area contributed by atoms with Crippen molar-refractivity contribution in [2.75, 3.05) is 36.8 Å². The molecular formula is C18H20ClN3O3S.